The van der Waals surface area contributed by atoms with E-state index in [-0.39, 0.29) is 18.1 Å². The van der Waals surface area contributed by atoms with Crippen LogP contribution in [0.5, 0.6) is 11.5 Å². The predicted molar refractivity (Wildman–Crippen MR) is 96.1 cm³/mol. The molecular weight excluding hydrogens is 354 g/mol. The normalized spacial score (nSPS) is 11.7. The summed E-state index contributed by atoms with van der Waals surface area (Å²) < 4.78 is 4.98. The number of ether oxygens (including phenoxy) is 1. The highest BCUT2D eigenvalue weighted by Gasteiger charge is 2.20. The lowest BCUT2D eigenvalue weighted by molar-refractivity contribution is -0.123. The van der Waals surface area contributed by atoms with Crippen LogP contribution in [0.3, 0.4) is 0 Å². The quantitative estimate of drug-likeness (QED) is 0.277. The van der Waals surface area contributed by atoms with Crippen LogP contribution in [0.15, 0.2) is 53.6 Å². The van der Waals surface area contributed by atoms with Crippen LogP contribution >= 0.6 is 0 Å². The van der Waals surface area contributed by atoms with Gasteiger partial charge in [-0.05, 0) is 29.3 Å². The third kappa shape index (κ3) is 6.33. The number of amides is 2. The lowest BCUT2D eigenvalue weighted by Crippen LogP contribution is -2.47. The van der Waals surface area contributed by atoms with E-state index in [0.717, 1.165) is 5.56 Å². The van der Waals surface area contributed by atoms with Gasteiger partial charge in [0.25, 0.3) is 5.91 Å². The molecule has 2 amide bonds. The van der Waals surface area contributed by atoms with Crippen molar-refractivity contribution in [2.45, 2.75) is 12.6 Å². The van der Waals surface area contributed by atoms with Gasteiger partial charge < -0.3 is 25.4 Å². The second kappa shape index (κ2) is 9.78. The smallest absolute Gasteiger partial charge is 0.408 e. The Balaban J connectivity index is 1.82. The summed E-state index contributed by atoms with van der Waals surface area (Å²) in [7, 11) is 0. The molecule has 0 unspecified atom stereocenters. The first-order valence-corrected chi connectivity index (χ1v) is 7.92. The van der Waals surface area contributed by atoms with Crippen LogP contribution in [0.1, 0.15) is 11.1 Å². The van der Waals surface area contributed by atoms with E-state index in [1.54, 1.807) is 24.3 Å². The molecule has 0 aliphatic heterocycles. The standard InChI is InChI=1S/C18H19N3O6/c22-10-14(20-18(26)27-11-12-4-2-1-3-5-12)17(25)21-19-9-13-6-7-15(23)16(24)8-13/h1-9,14,22-24H,10-11H2,(H,20,26)(H,21,25)/b19-9+/t14-/m0/s1. The van der Waals surface area contributed by atoms with Crippen molar-refractivity contribution in [2.75, 3.05) is 6.61 Å². The molecule has 0 heterocycles. The zero-order chi connectivity index (χ0) is 19.6. The molecule has 0 aliphatic carbocycles. The van der Waals surface area contributed by atoms with Crippen LogP contribution in [0.4, 0.5) is 4.79 Å². The Hall–Kier alpha value is -3.59. The lowest BCUT2D eigenvalue weighted by Gasteiger charge is -2.14. The van der Waals surface area contributed by atoms with Crippen molar-refractivity contribution in [3.8, 4) is 11.5 Å². The number of carbonyl (C=O) groups excluding carboxylic acids is 2. The zero-order valence-electron chi connectivity index (χ0n) is 14.2. The Bertz CT molecular complexity index is 810. The first-order valence-electron chi connectivity index (χ1n) is 7.92. The van der Waals surface area contributed by atoms with Crippen LogP contribution in [-0.2, 0) is 16.1 Å². The molecule has 0 aromatic heterocycles. The second-order valence-corrected chi connectivity index (χ2v) is 5.42. The zero-order valence-corrected chi connectivity index (χ0v) is 14.2. The van der Waals surface area contributed by atoms with Crippen molar-refractivity contribution in [3.05, 3.63) is 59.7 Å². The van der Waals surface area contributed by atoms with Crippen molar-refractivity contribution in [3.63, 3.8) is 0 Å². The number of hydrogen-bond donors (Lipinski definition) is 5. The van der Waals surface area contributed by atoms with Gasteiger partial charge in [0.05, 0.1) is 12.8 Å². The SMILES string of the molecule is O=C(N[C@@H](CO)C(=O)N/N=C/c1ccc(O)c(O)c1)OCc1ccccc1. The van der Waals surface area contributed by atoms with Gasteiger partial charge in [0.1, 0.15) is 12.6 Å². The number of phenolic OH excluding ortho intramolecular Hbond substituents is 2. The maximum atomic E-state index is 12.0. The number of rotatable bonds is 7. The molecule has 5 N–H and O–H groups in total. The van der Waals surface area contributed by atoms with Crippen molar-refractivity contribution in [1.29, 1.82) is 0 Å². The number of hydrogen-bond acceptors (Lipinski definition) is 7. The van der Waals surface area contributed by atoms with E-state index in [0.29, 0.717) is 5.56 Å². The molecule has 0 saturated heterocycles. The summed E-state index contributed by atoms with van der Waals surface area (Å²) in [5.41, 5.74) is 3.35. The Morgan fingerprint density at radius 3 is 2.52 bits per heavy atom. The molecule has 0 fully saturated rings. The minimum absolute atomic E-state index is 0.0228. The molecular formula is C18H19N3O6. The van der Waals surface area contributed by atoms with Crippen molar-refractivity contribution < 1.29 is 29.6 Å². The maximum Gasteiger partial charge on any atom is 0.408 e. The Morgan fingerprint density at radius 1 is 1.11 bits per heavy atom. The summed E-state index contributed by atoms with van der Waals surface area (Å²) in [6.45, 7) is -0.628. The fourth-order valence-electron chi connectivity index (χ4n) is 1.97. The van der Waals surface area contributed by atoms with E-state index in [1.807, 2.05) is 6.07 Å². The molecule has 27 heavy (non-hydrogen) atoms. The van der Waals surface area contributed by atoms with E-state index in [4.69, 9.17) is 4.74 Å². The summed E-state index contributed by atoms with van der Waals surface area (Å²) in [5, 5.41) is 33.8. The molecule has 0 radical (unpaired) electrons. The summed E-state index contributed by atoms with van der Waals surface area (Å²) in [4.78, 5) is 23.7. The van der Waals surface area contributed by atoms with Gasteiger partial charge in [0.2, 0.25) is 0 Å². The minimum Gasteiger partial charge on any atom is -0.504 e. The number of phenols is 2. The molecule has 9 heteroatoms. The topological polar surface area (TPSA) is 140 Å². The van der Waals surface area contributed by atoms with E-state index < -0.39 is 24.6 Å². The molecule has 0 saturated carbocycles. The van der Waals surface area contributed by atoms with Crippen LogP contribution in [0, 0.1) is 0 Å². The molecule has 1 atom stereocenters. The first kappa shape index (κ1) is 19.7. The highest BCUT2D eigenvalue weighted by atomic mass is 16.5. The number of aliphatic hydroxyl groups excluding tert-OH is 1. The largest absolute Gasteiger partial charge is 0.504 e. The third-order valence-electron chi connectivity index (χ3n) is 3.39. The Kier molecular flexibility index (Phi) is 7.15. The van der Waals surface area contributed by atoms with Gasteiger partial charge in [0.15, 0.2) is 11.5 Å². The highest BCUT2D eigenvalue weighted by Crippen LogP contribution is 2.23. The number of aliphatic hydroxyl groups is 1. The van der Waals surface area contributed by atoms with E-state index in [1.165, 1.54) is 24.4 Å². The van der Waals surface area contributed by atoms with Crippen LogP contribution < -0.4 is 10.7 Å². The number of alkyl carbamates (subject to hydrolysis) is 1. The molecule has 0 spiro atoms. The summed E-state index contributed by atoms with van der Waals surface area (Å²) in [5.74, 6) is -1.37. The number of nitrogens with zero attached hydrogens (tertiary/aromatic N) is 1. The average Bonchev–Trinajstić information content (AvgIpc) is 2.68. The van der Waals surface area contributed by atoms with E-state index >= 15 is 0 Å². The minimum atomic E-state index is -1.25. The molecule has 0 aliphatic rings. The molecule has 2 aromatic carbocycles. The number of carbonyl (C=O) groups is 2. The number of hydrazone groups is 1. The van der Waals surface area contributed by atoms with Crippen molar-refractivity contribution in [2.24, 2.45) is 5.10 Å². The van der Waals surface area contributed by atoms with Gasteiger partial charge in [-0.25, -0.2) is 10.2 Å². The van der Waals surface area contributed by atoms with Gasteiger partial charge in [-0.2, -0.15) is 5.10 Å². The number of aromatic hydroxyl groups is 2. The summed E-state index contributed by atoms with van der Waals surface area (Å²) in [6, 6.07) is 11.7. The second-order valence-electron chi connectivity index (χ2n) is 5.42. The maximum absolute atomic E-state index is 12.0. The Morgan fingerprint density at radius 2 is 1.85 bits per heavy atom. The van der Waals surface area contributed by atoms with Crippen LogP contribution in [0.2, 0.25) is 0 Å². The fraction of sp³-hybridized carbons (Fsp3) is 0.167. The molecule has 2 aromatic rings. The van der Waals surface area contributed by atoms with E-state index in [2.05, 4.69) is 15.8 Å². The summed E-state index contributed by atoms with van der Waals surface area (Å²) in [6.07, 6.45) is 0.361. The van der Waals surface area contributed by atoms with Crippen molar-refractivity contribution >= 4 is 18.2 Å². The number of benzene rings is 2. The average molecular weight is 373 g/mol. The predicted octanol–water partition coefficient (Wildman–Crippen LogP) is 0.835. The highest BCUT2D eigenvalue weighted by molar-refractivity contribution is 5.87. The lowest BCUT2D eigenvalue weighted by atomic mass is 10.2. The van der Waals surface area contributed by atoms with Gasteiger partial charge in [-0.15, -0.1) is 0 Å². The number of nitrogens with one attached hydrogen (secondary N) is 2. The third-order valence-corrected chi connectivity index (χ3v) is 3.39. The van der Waals surface area contributed by atoms with Gasteiger partial charge in [0, 0.05) is 0 Å². The molecule has 142 valence electrons. The van der Waals surface area contributed by atoms with Crippen LogP contribution in [-0.4, -0.2) is 46.2 Å². The summed E-state index contributed by atoms with van der Waals surface area (Å²) >= 11 is 0. The van der Waals surface area contributed by atoms with Gasteiger partial charge in [-0.1, -0.05) is 30.3 Å². The van der Waals surface area contributed by atoms with Crippen molar-refractivity contribution in [1.82, 2.24) is 10.7 Å². The fourth-order valence-corrected chi connectivity index (χ4v) is 1.97. The first-order chi connectivity index (χ1) is 13.0. The van der Waals surface area contributed by atoms with Gasteiger partial charge >= 0.3 is 6.09 Å². The molecule has 2 rings (SSSR count). The van der Waals surface area contributed by atoms with E-state index in [9.17, 15) is 24.9 Å². The molecule has 0 bridgehead atoms. The van der Waals surface area contributed by atoms with Gasteiger partial charge in [-0.3, -0.25) is 4.79 Å². The molecule has 9 nitrogen and oxygen atoms in total. The van der Waals surface area contributed by atoms with Crippen LogP contribution in [0.25, 0.3) is 0 Å². The Labute approximate surface area is 154 Å². The monoisotopic (exact) mass is 373 g/mol.